The summed E-state index contributed by atoms with van der Waals surface area (Å²) in [5.41, 5.74) is 5.77. The predicted octanol–water partition coefficient (Wildman–Crippen LogP) is 3.41. The third-order valence-electron chi connectivity index (χ3n) is 2.71. The van der Waals surface area contributed by atoms with Crippen molar-refractivity contribution in [3.63, 3.8) is 0 Å². The first kappa shape index (κ1) is 13.9. The Hall–Kier alpha value is -1.16. The van der Waals surface area contributed by atoms with Crippen molar-refractivity contribution in [1.29, 1.82) is 0 Å². The normalized spacial score (nSPS) is 12.9. The summed E-state index contributed by atoms with van der Waals surface area (Å²) in [5.74, 6) is -0.651. The van der Waals surface area contributed by atoms with E-state index in [1.54, 1.807) is 0 Å². The number of nitrogens with two attached hydrogens (primary N) is 1. The van der Waals surface area contributed by atoms with Crippen molar-refractivity contribution >= 4 is 0 Å². The summed E-state index contributed by atoms with van der Waals surface area (Å²) in [6.45, 7) is 4.10. The molecule has 0 fully saturated rings. The minimum atomic E-state index is -0.641. The number of rotatable bonds is 5. The van der Waals surface area contributed by atoms with Gasteiger partial charge in [-0.05, 0) is 18.8 Å². The Morgan fingerprint density at radius 2 is 1.71 bits per heavy atom. The van der Waals surface area contributed by atoms with Gasteiger partial charge in [-0.25, -0.2) is 8.78 Å². The molecule has 0 aliphatic carbocycles. The van der Waals surface area contributed by atoms with Crippen LogP contribution >= 0.6 is 0 Å². The summed E-state index contributed by atoms with van der Waals surface area (Å²) < 4.78 is 32.1. The summed E-state index contributed by atoms with van der Waals surface area (Å²) in [7, 11) is 1.37. The van der Waals surface area contributed by atoms with Gasteiger partial charge >= 0.3 is 0 Å². The molecule has 96 valence electrons. The van der Waals surface area contributed by atoms with Gasteiger partial charge in [0.25, 0.3) is 0 Å². The van der Waals surface area contributed by atoms with E-state index in [0.717, 1.165) is 18.6 Å². The summed E-state index contributed by atoms with van der Waals surface area (Å²) in [6.07, 6.45) is 1.41. The molecule has 1 aromatic carbocycles. The van der Waals surface area contributed by atoms with Gasteiger partial charge in [-0.1, -0.05) is 13.8 Å². The molecule has 1 atom stereocenters. The van der Waals surface area contributed by atoms with E-state index in [2.05, 4.69) is 0 Å². The maximum absolute atomic E-state index is 13.7. The molecule has 0 radical (unpaired) electrons. The summed E-state index contributed by atoms with van der Waals surface area (Å²) in [6, 6.07) is 1.71. The molecule has 17 heavy (non-hydrogen) atoms. The molecule has 0 bridgehead atoms. The van der Waals surface area contributed by atoms with Crippen LogP contribution in [0.1, 0.15) is 38.3 Å². The third-order valence-corrected chi connectivity index (χ3v) is 2.71. The van der Waals surface area contributed by atoms with Crippen LogP contribution in [0.3, 0.4) is 0 Å². The summed E-state index contributed by atoms with van der Waals surface area (Å²) in [5, 5.41) is 0. The van der Waals surface area contributed by atoms with Gasteiger partial charge in [-0.3, -0.25) is 0 Å². The molecule has 0 aromatic heterocycles. The van der Waals surface area contributed by atoms with Crippen LogP contribution in [0.15, 0.2) is 12.1 Å². The van der Waals surface area contributed by atoms with Gasteiger partial charge < -0.3 is 10.5 Å². The van der Waals surface area contributed by atoms with Crippen molar-refractivity contribution in [3.8, 4) is 5.75 Å². The van der Waals surface area contributed by atoms with E-state index in [1.165, 1.54) is 7.11 Å². The van der Waals surface area contributed by atoms with Gasteiger partial charge in [-0.2, -0.15) is 0 Å². The van der Waals surface area contributed by atoms with Crippen molar-refractivity contribution < 1.29 is 13.5 Å². The zero-order valence-electron chi connectivity index (χ0n) is 10.5. The Bertz CT molecular complexity index is 357. The van der Waals surface area contributed by atoms with E-state index in [4.69, 9.17) is 10.5 Å². The van der Waals surface area contributed by atoms with E-state index in [9.17, 15) is 8.78 Å². The fourth-order valence-electron chi connectivity index (χ4n) is 1.69. The highest BCUT2D eigenvalue weighted by atomic mass is 19.1. The standard InChI is InChI=1S/C13H19F2NO/c1-8(2)4-5-12(16)13-10(14)6-9(17-3)7-11(13)15/h6-8,12H,4-5,16H2,1-3H3/t12-/m0/s1. The van der Waals surface area contributed by atoms with Gasteiger partial charge in [0.05, 0.1) is 7.11 Å². The van der Waals surface area contributed by atoms with Gasteiger partial charge in [0.15, 0.2) is 0 Å². The molecule has 0 aliphatic rings. The lowest BCUT2D eigenvalue weighted by atomic mass is 9.97. The quantitative estimate of drug-likeness (QED) is 0.860. The number of hydrogen-bond acceptors (Lipinski definition) is 2. The largest absolute Gasteiger partial charge is 0.497 e. The Kier molecular flexibility index (Phi) is 4.87. The van der Waals surface area contributed by atoms with Crippen LogP contribution in [0.5, 0.6) is 5.75 Å². The zero-order valence-corrected chi connectivity index (χ0v) is 10.5. The summed E-state index contributed by atoms with van der Waals surface area (Å²) in [4.78, 5) is 0. The Labute approximate surface area is 101 Å². The molecule has 2 nitrogen and oxygen atoms in total. The average molecular weight is 243 g/mol. The molecule has 1 rings (SSSR count). The maximum Gasteiger partial charge on any atom is 0.134 e. The predicted molar refractivity (Wildman–Crippen MR) is 63.9 cm³/mol. The topological polar surface area (TPSA) is 35.2 Å². The molecule has 0 unspecified atom stereocenters. The molecular weight excluding hydrogens is 224 g/mol. The van der Waals surface area contributed by atoms with Crippen molar-refractivity contribution in [2.75, 3.05) is 7.11 Å². The van der Waals surface area contributed by atoms with Crippen LogP contribution in [0.2, 0.25) is 0 Å². The number of ether oxygens (including phenoxy) is 1. The second kappa shape index (κ2) is 5.96. The minimum Gasteiger partial charge on any atom is -0.497 e. The van der Waals surface area contributed by atoms with E-state index in [1.807, 2.05) is 13.8 Å². The molecule has 0 spiro atoms. The van der Waals surface area contributed by atoms with Crippen molar-refractivity contribution in [1.82, 2.24) is 0 Å². The molecule has 2 N–H and O–H groups in total. The van der Waals surface area contributed by atoms with Crippen molar-refractivity contribution in [3.05, 3.63) is 29.3 Å². The fourth-order valence-corrected chi connectivity index (χ4v) is 1.69. The van der Waals surface area contributed by atoms with Crippen LogP contribution in [0.4, 0.5) is 8.78 Å². The highest BCUT2D eigenvalue weighted by Gasteiger charge is 2.18. The third kappa shape index (κ3) is 3.66. The molecular formula is C13H19F2NO. The maximum atomic E-state index is 13.7. The number of methoxy groups -OCH3 is 1. The molecule has 0 amide bonds. The first-order valence-electron chi connectivity index (χ1n) is 5.74. The van der Waals surface area contributed by atoms with Crippen LogP contribution in [-0.4, -0.2) is 7.11 Å². The molecule has 0 saturated carbocycles. The average Bonchev–Trinajstić information content (AvgIpc) is 2.25. The molecule has 0 saturated heterocycles. The van der Waals surface area contributed by atoms with Crippen LogP contribution in [-0.2, 0) is 0 Å². The minimum absolute atomic E-state index is 0.0496. The summed E-state index contributed by atoms with van der Waals surface area (Å²) >= 11 is 0. The Balaban J connectivity index is 2.89. The Morgan fingerprint density at radius 3 is 2.12 bits per heavy atom. The number of halogens is 2. The smallest absolute Gasteiger partial charge is 0.134 e. The van der Waals surface area contributed by atoms with Gasteiger partial charge in [0.2, 0.25) is 0 Å². The van der Waals surface area contributed by atoms with E-state index >= 15 is 0 Å². The number of benzene rings is 1. The van der Waals surface area contributed by atoms with Crippen LogP contribution in [0, 0.1) is 17.6 Å². The van der Waals surface area contributed by atoms with Gasteiger partial charge in [-0.15, -0.1) is 0 Å². The lowest BCUT2D eigenvalue weighted by Crippen LogP contribution is -2.15. The highest BCUT2D eigenvalue weighted by molar-refractivity contribution is 5.32. The van der Waals surface area contributed by atoms with Gasteiger partial charge in [0.1, 0.15) is 17.4 Å². The van der Waals surface area contributed by atoms with E-state index in [0.29, 0.717) is 12.3 Å². The fraction of sp³-hybridized carbons (Fsp3) is 0.538. The van der Waals surface area contributed by atoms with Crippen molar-refractivity contribution in [2.45, 2.75) is 32.7 Å². The van der Waals surface area contributed by atoms with Gasteiger partial charge in [0, 0.05) is 23.7 Å². The van der Waals surface area contributed by atoms with E-state index in [-0.39, 0.29) is 11.3 Å². The number of hydrogen-bond donors (Lipinski definition) is 1. The SMILES string of the molecule is COc1cc(F)c([C@@H](N)CCC(C)C)c(F)c1. The molecule has 4 heteroatoms. The Morgan fingerprint density at radius 1 is 1.18 bits per heavy atom. The lowest BCUT2D eigenvalue weighted by molar-refractivity contribution is 0.401. The highest BCUT2D eigenvalue weighted by Crippen LogP contribution is 2.27. The monoisotopic (exact) mass is 243 g/mol. The molecule has 1 aromatic rings. The first-order chi connectivity index (χ1) is 7.95. The first-order valence-corrected chi connectivity index (χ1v) is 5.74. The second-order valence-corrected chi connectivity index (χ2v) is 4.58. The molecule has 0 heterocycles. The van der Waals surface area contributed by atoms with Crippen LogP contribution < -0.4 is 10.5 Å². The van der Waals surface area contributed by atoms with Crippen molar-refractivity contribution in [2.24, 2.45) is 11.7 Å². The second-order valence-electron chi connectivity index (χ2n) is 4.58. The van der Waals surface area contributed by atoms with E-state index < -0.39 is 17.7 Å². The molecule has 0 aliphatic heterocycles. The van der Waals surface area contributed by atoms with Crippen LogP contribution in [0.25, 0.3) is 0 Å². The lowest BCUT2D eigenvalue weighted by Gasteiger charge is -2.16. The zero-order chi connectivity index (χ0) is 13.0.